The number of anilines is 1. The van der Waals surface area contributed by atoms with Gasteiger partial charge in [-0.15, -0.1) is 11.3 Å². The van der Waals surface area contributed by atoms with Crippen LogP contribution in [0.1, 0.15) is 40.6 Å². The van der Waals surface area contributed by atoms with Crippen LogP contribution in [-0.4, -0.2) is 43.1 Å². The quantitative estimate of drug-likeness (QED) is 0.589. The maximum absolute atomic E-state index is 13.0. The van der Waals surface area contributed by atoms with Crippen LogP contribution < -0.4 is 5.01 Å². The molecular formula is C16H19N3O4S. The number of hydrogen-bond acceptors (Lipinski definition) is 7. The van der Waals surface area contributed by atoms with Gasteiger partial charge in [0.1, 0.15) is 5.76 Å². The SMILES string of the molecule is COC(=O)Cc1csc(N(C(=O)c2ccoc2C2CC2)N(C)C)n1. The molecule has 8 heteroatoms. The Kier molecular flexibility index (Phi) is 4.68. The first-order valence-electron chi connectivity index (χ1n) is 7.61. The van der Waals surface area contributed by atoms with Gasteiger partial charge in [0.05, 0.1) is 31.1 Å². The van der Waals surface area contributed by atoms with E-state index in [4.69, 9.17) is 4.42 Å². The van der Waals surface area contributed by atoms with E-state index in [-0.39, 0.29) is 18.3 Å². The van der Waals surface area contributed by atoms with Gasteiger partial charge in [-0.2, -0.15) is 0 Å². The largest absolute Gasteiger partial charge is 0.469 e. The highest BCUT2D eigenvalue weighted by Crippen LogP contribution is 2.42. The first-order valence-corrected chi connectivity index (χ1v) is 8.49. The van der Waals surface area contributed by atoms with Gasteiger partial charge in [-0.3, -0.25) is 9.59 Å². The fourth-order valence-corrected chi connectivity index (χ4v) is 3.30. The molecule has 0 aliphatic heterocycles. The van der Waals surface area contributed by atoms with Crippen molar-refractivity contribution < 1.29 is 18.7 Å². The van der Waals surface area contributed by atoms with Gasteiger partial charge in [-0.05, 0) is 18.9 Å². The van der Waals surface area contributed by atoms with Crippen LogP contribution in [0.25, 0.3) is 0 Å². The molecule has 2 aromatic rings. The number of hydrazine groups is 1. The lowest BCUT2D eigenvalue weighted by Gasteiger charge is -2.26. The Morgan fingerprint density at radius 1 is 1.42 bits per heavy atom. The predicted molar refractivity (Wildman–Crippen MR) is 89.0 cm³/mol. The normalized spacial score (nSPS) is 14.0. The van der Waals surface area contributed by atoms with Gasteiger partial charge in [-0.1, -0.05) is 0 Å². The van der Waals surface area contributed by atoms with E-state index in [9.17, 15) is 9.59 Å². The molecule has 0 atom stereocenters. The fourth-order valence-electron chi connectivity index (χ4n) is 2.41. The molecule has 2 heterocycles. The lowest BCUT2D eigenvalue weighted by molar-refractivity contribution is -0.139. The van der Waals surface area contributed by atoms with Crippen LogP contribution in [0.3, 0.4) is 0 Å². The molecule has 2 aromatic heterocycles. The zero-order valence-corrected chi connectivity index (χ0v) is 14.6. The van der Waals surface area contributed by atoms with Gasteiger partial charge in [-0.25, -0.2) is 15.0 Å². The molecule has 7 nitrogen and oxygen atoms in total. The number of thiazole rings is 1. The first-order chi connectivity index (χ1) is 11.5. The molecule has 1 amide bonds. The molecule has 0 spiro atoms. The van der Waals surface area contributed by atoms with Crippen molar-refractivity contribution in [2.45, 2.75) is 25.2 Å². The summed E-state index contributed by atoms with van der Waals surface area (Å²) in [7, 11) is 4.88. The van der Waals surface area contributed by atoms with E-state index < -0.39 is 0 Å². The second kappa shape index (κ2) is 6.74. The molecule has 0 saturated heterocycles. The third-order valence-corrected chi connectivity index (χ3v) is 4.61. The van der Waals surface area contributed by atoms with Crippen LogP contribution in [0, 0.1) is 0 Å². The molecule has 0 unspecified atom stereocenters. The van der Waals surface area contributed by atoms with E-state index in [2.05, 4.69) is 9.72 Å². The molecular weight excluding hydrogens is 330 g/mol. The minimum absolute atomic E-state index is 0.0848. The zero-order valence-electron chi connectivity index (χ0n) is 13.8. The zero-order chi connectivity index (χ0) is 17.3. The molecule has 0 radical (unpaired) electrons. The van der Waals surface area contributed by atoms with Crippen molar-refractivity contribution in [3.63, 3.8) is 0 Å². The van der Waals surface area contributed by atoms with Crippen LogP contribution in [0.5, 0.6) is 0 Å². The fraction of sp³-hybridized carbons (Fsp3) is 0.438. The van der Waals surface area contributed by atoms with E-state index in [0.29, 0.717) is 22.3 Å². The lowest BCUT2D eigenvalue weighted by atomic mass is 10.2. The average molecular weight is 349 g/mol. The van der Waals surface area contributed by atoms with Gasteiger partial charge < -0.3 is 9.15 Å². The molecule has 3 rings (SSSR count). The number of amides is 1. The highest BCUT2D eigenvalue weighted by Gasteiger charge is 2.34. The number of nitrogens with zero attached hydrogens (tertiary/aromatic N) is 3. The Morgan fingerprint density at radius 3 is 2.79 bits per heavy atom. The smallest absolute Gasteiger partial charge is 0.311 e. The standard InChI is InChI=1S/C16H19N3O4S/c1-18(2)19(16-17-11(9-24-16)8-13(20)22-3)15(21)12-6-7-23-14(12)10-4-5-10/h6-7,9-10H,4-5,8H2,1-3H3. The second-order valence-corrected chi connectivity index (χ2v) is 6.65. The van der Waals surface area contributed by atoms with E-state index in [1.54, 1.807) is 36.8 Å². The molecule has 1 aliphatic rings. The Hall–Kier alpha value is -2.19. The first kappa shape index (κ1) is 16.7. The van der Waals surface area contributed by atoms with Gasteiger partial charge in [0.2, 0.25) is 5.13 Å². The molecule has 24 heavy (non-hydrogen) atoms. The van der Waals surface area contributed by atoms with Crippen molar-refractivity contribution in [2.24, 2.45) is 0 Å². The minimum atomic E-state index is -0.361. The third kappa shape index (κ3) is 3.34. The van der Waals surface area contributed by atoms with E-state index in [1.165, 1.54) is 23.5 Å². The molecule has 1 aliphatic carbocycles. The Labute approximate surface area is 143 Å². The van der Waals surface area contributed by atoms with Gasteiger partial charge in [0, 0.05) is 25.4 Å². The lowest BCUT2D eigenvalue weighted by Crippen LogP contribution is -2.42. The Bertz CT molecular complexity index is 748. The Balaban J connectivity index is 1.85. The summed E-state index contributed by atoms with van der Waals surface area (Å²) < 4.78 is 10.2. The summed E-state index contributed by atoms with van der Waals surface area (Å²) in [6.07, 6.45) is 3.74. The molecule has 1 saturated carbocycles. The predicted octanol–water partition coefficient (Wildman–Crippen LogP) is 2.45. The summed E-state index contributed by atoms with van der Waals surface area (Å²) in [5.74, 6) is 0.544. The van der Waals surface area contributed by atoms with Crippen molar-refractivity contribution in [3.05, 3.63) is 34.7 Å². The van der Waals surface area contributed by atoms with Crippen molar-refractivity contribution in [1.82, 2.24) is 9.99 Å². The van der Waals surface area contributed by atoms with E-state index >= 15 is 0 Å². The highest BCUT2D eigenvalue weighted by atomic mass is 32.1. The Morgan fingerprint density at radius 2 is 2.17 bits per heavy atom. The van der Waals surface area contributed by atoms with Crippen molar-refractivity contribution in [2.75, 3.05) is 26.2 Å². The molecule has 128 valence electrons. The van der Waals surface area contributed by atoms with Crippen molar-refractivity contribution >= 4 is 28.3 Å². The van der Waals surface area contributed by atoms with Gasteiger partial charge >= 0.3 is 5.97 Å². The van der Waals surface area contributed by atoms with Crippen LogP contribution in [-0.2, 0) is 16.0 Å². The maximum Gasteiger partial charge on any atom is 0.311 e. The summed E-state index contributed by atoms with van der Waals surface area (Å²) in [5, 5.41) is 5.43. The number of hydrogen-bond donors (Lipinski definition) is 0. The summed E-state index contributed by atoms with van der Waals surface area (Å²) >= 11 is 1.31. The van der Waals surface area contributed by atoms with Crippen LogP contribution in [0.4, 0.5) is 5.13 Å². The molecule has 0 aromatic carbocycles. The number of carbonyl (C=O) groups is 2. The number of esters is 1. The number of methoxy groups -OCH3 is 1. The summed E-state index contributed by atoms with van der Waals surface area (Å²) in [5.41, 5.74) is 1.15. The molecule has 0 N–H and O–H groups in total. The van der Waals surface area contributed by atoms with Crippen LogP contribution >= 0.6 is 11.3 Å². The van der Waals surface area contributed by atoms with E-state index in [0.717, 1.165) is 18.6 Å². The van der Waals surface area contributed by atoms with Gasteiger partial charge in [0.25, 0.3) is 5.91 Å². The molecule has 1 fully saturated rings. The van der Waals surface area contributed by atoms with Gasteiger partial charge in [0.15, 0.2) is 0 Å². The number of aromatic nitrogens is 1. The third-order valence-electron chi connectivity index (χ3n) is 3.74. The topological polar surface area (TPSA) is 75.9 Å². The monoisotopic (exact) mass is 349 g/mol. The van der Waals surface area contributed by atoms with Crippen molar-refractivity contribution in [3.8, 4) is 0 Å². The number of furan rings is 1. The van der Waals surface area contributed by atoms with Crippen LogP contribution in [0.2, 0.25) is 0 Å². The summed E-state index contributed by atoms with van der Waals surface area (Å²) in [6.45, 7) is 0. The summed E-state index contributed by atoms with van der Waals surface area (Å²) in [4.78, 5) is 28.8. The summed E-state index contributed by atoms with van der Waals surface area (Å²) in [6, 6.07) is 1.70. The molecule has 0 bridgehead atoms. The highest BCUT2D eigenvalue weighted by molar-refractivity contribution is 7.14. The number of rotatable bonds is 6. The average Bonchev–Trinajstić information content (AvgIpc) is 3.09. The van der Waals surface area contributed by atoms with Crippen molar-refractivity contribution in [1.29, 1.82) is 0 Å². The number of ether oxygens (including phenoxy) is 1. The van der Waals surface area contributed by atoms with E-state index in [1.807, 2.05) is 0 Å². The second-order valence-electron chi connectivity index (χ2n) is 5.81. The minimum Gasteiger partial charge on any atom is -0.469 e. The number of carbonyl (C=O) groups excluding carboxylic acids is 2. The van der Waals surface area contributed by atoms with Crippen LogP contribution in [0.15, 0.2) is 22.1 Å². The maximum atomic E-state index is 13.0.